The van der Waals surface area contributed by atoms with E-state index in [0.29, 0.717) is 30.1 Å². The Hall–Kier alpha value is -2.85. The fourth-order valence-electron chi connectivity index (χ4n) is 4.10. The Labute approximate surface area is 200 Å². The largest absolute Gasteiger partial charge is 0.497 e. The van der Waals surface area contributed by atoms with E-state index in [9.17, 15) is 0 Å². The van der Waals surface area contributed by atoms with E-state index in [1.165, 1.54) is 19.3 Å². The molecule has 5 rings (SSSR count). The molecular weight excluding hydrogens is 456 g/mol. The number of rotatable bonds is 9. The second kappa shape index (κ2) is 10.4. The third-order valence-corrected chi connectivity index (χ3v) is 7.38. The van der Waals surface area contributed by atoms with Gasteiger partial charge in [-0.25, -0.2) is 0 Å². The summed E-state index contributed by atoms with van der Waals surface area (Å²) in [6.07, 6.45) is 6.08. The molecule has 1 N–H and O–H groups in total. The highest BCUT2D eigenvalue weighted by Crippen LogP contribution is 2.34. The lowest BCUT2D eigenvalue weighted by molar-refractivity contribution is 0.329. The van der Waals surface area contributed by atoms with Crippen LogP contribution in [0.15, 0.2) is 50.8 Å². The lowest BCUT2D eigenvalue weighted by Crippen LogP contribution is -2.18. The first-order valence-electron chi connectivity index (χ1n) is 11.1. The Morgan fingerprint density at radius 2 is 2.12 bits per heavy atom. The van der Waals surface area contributed by atoms with E-state index in [-0.39, 0.29) is 0 Å². The number of nitrogens with one attached hydrogen (secondary N) is 1. The standard InChI is InChI=1S/C23H26N6O2S2/c1-30-19-9-5-6-17(12-19)24-13-20-26-27-23(29(20)18-7-3-2-4-8-18)33-15-21-25-22(28-31-21)16-10-11-32-14-16/h5-6,9-12,14,18,24H,2-4,7-8,13,15H2,1H3. The van der Waals surface area contributed by atoms with E-state index in [4.69, 9.17) is 9.26 Å². The van der Waals surface area contributed by atoms with E-state index in [1.54, 1.807) is 30.2 Å². The summed E-state index contributed by atoms with van der Waals surface area (Å²) in [4.78, 5) is 4.54. The van der Waals surface area contributed by atoms with E-state index in [1.807, 2.05) is 41.1 Å². The van der Waals surface area contributed by atoms with Crippen LogP contribution in [-0.2, 0) is 12.3 Å². The van der Waals surface area contributed by atoms with Crippen molar-refractivity contribution < 1.29 is 9.26 Å². The van der Waals surface area contributed by atoms with Crippen LogP contribution in [0.1, 0.15) is 49.9 Å². The molecule has 1 aliphatic rings. The molecule has 1 fully saturated rings. The highest BCUT2D eigenvalue weighted by molar-refractivity contribution is 7.98. The van der Waals surface area contributed by atoms with E-state index in [2.05, 4.69) is 30.2 Å². The third kappa shape index (κ3) is 5.22. The summed E-state index contributed by atoms with van der Waals surface area (Å²) < 4.78 is 13.1. The number of methoxy groups -OCH3 is 1. The van der Waals surface area contributed by atoms with E-state index in [0.717, 1.165) is 40.8 Å². The molecule has 0 amide bonds. The van der Waals surface area contributed by atoms with Gasteiger partial charge in [0.1, 0.15) is 5.75 Å². The van der Waals surface area contributed by atoms with Gasteiger partial charge in [-0.3, -0.25) is 0 Å². The molecule has 33 heavy (non-hydrogen) atoms. The van der Waals surface area contributed by atoms with Crippen molar-refractivity contribution in [2.24, 2.45) is 0 Å². The fraction of sp³-hybridized carbons (Fsp3) is 0.391. The predicted molar refractivity (Wildman–Crippen MR) is 130 cm³/mol. The van der Waals surface area contributed by atoms with Gasteiger partial charge in [-0.05, 0) is 36.4 Å². The minimum absolute atomic E-state index is 0.419. The number of benzene rings is 1. The van der Waals surface area contributed by atoms with Crippen molar-refractivity contribution in [1.82, 2.24) is 24.9 Å². The van der Waals surface area contributed by atoms with Gasteiger partial charge in [0.25, 0.3) is 0 Å². The molecular formula is C23H26N6O2S2. The summed E-state index contributed by atoms with van der Waals surface area (Å²) in [5.41, 5.74) is 1.98. The Bertz CT molecular complexity index is 1170. The topological polar surface area (TPSA) is 90.9 Å². The van der Waals surface area contributed by atoms with Crippen molar-refractivity contribution in [1.29, 1.82) is 0 Å². The first-order valence-corrected chi connectivity index (χ1v) is 13.0. The number of ether oxygens (including phenoxy) is 1. The molecule has 0 spiro atoms. The molecule has 8 nitrogen and oxygen atoms in total. The number of thiophene rings is 1. The summed E-state index contributed by atoms with van der Waals surface area (Å²) in [7, 11) is 1.68. The zero-order valence-corrected chi connectivity index (χ0v) is 20.1. The van der Waals surface area contributed by atoms with Crippen LogP contribution in [0.5, 0.6) is 5.75 Å². The molecule has 1 aliphatic carbocycles. The molecule has 10 heteroatoms. The minimum Gasteiger partial charge on any atom is -0.497 e. The molecule has 0 bridgehead atoms. The number of nitrogens with zero attached hydrogens (tertiary/aromatic N) is 5. The average molecular weight is 483 g/mol. The molecule has 172 valence electrons. The molecule has 1 saturated carbocycles. The van der Waals surface area contributed by atoms with Crippen molar-refractivity contribution in [2.45, 2.75) is 55.6 Å². The molecule has 4 aromatic rings. The maximum atomic E-state index is 5.47. The van der Waals surface area contributed by atoms with Crippen LogP contribution in [0.3, 0.4) is 0 Å². The smallest absolute Gasteiger partial charge is 0.237 e. The molecule has 0 unspecified atom stereocenters. The molecule has 1 aromatic carbocycles. The lowest BCUT2D eigenvalue weighted by Gasteiger charge is -2.25. The summed E-state index contributed by atoms with van der Waals surface area (Å²) in [5.74, 6) is 3.55. The predicted octanol–water partition coefficient (Wildman–Crippen LogP) is 5.81. The lowest BCUT2D eigenvalue weighted by atomic mass is 9.95. The van der Waals surface area contributed by atoms with Crippen molar-refractivity contribution in [3.05, 3.63) is 52.8 Å². The van der Waals surface area contributed by atoms with Crippen LogP contribution < -0.4 is 10.1 Å². The van der Waals surface area contributed by atoms with Gasteiger partial charge in [0.15, 0.2) is 11.0 Å². The van der Waals surface area contributed by atoms with Gasteiger partial charge in [-0.1, -0.05) is 42.2 Å². The molecule has 3 heterocycles. The van der Waals surface area contributed by atoms with Gasteiger partial charge in [0, 0.05) is 28.7 Å². The Morgan fingerprint density at radius 3 is 2.94 bits per heavy atom. The number of hydrogen-bond acceptors (Lipinski definition) is 9. The van der Waals surface area contributed by atoms with Gasteiger partial charge < -0.3 is 19.1 Å². The van der Waals surface area contributed by atoms with Gasteiger partial charge in [0.05, 0.1) is 19.4 Å². The van der Waals surface area contributed by atoms with Crippen molar-refractivity contribution in [2.75, 3.05) is 12.4 Å². The summed E-state index contributed by atoms with van der Waals surface area (Å²) >= 11 is 3.22. The second-order valence-electron chi connectivity index (χ2n) is 7.96. The fourth-order valence-corrected chi connectivity index (χ4v) is 5.59. The van der Waals surface area contributed by atoms with Gasteiger partial charge in [-0.15, -0.1) is 10.2 Å². The Morgan fingerprint density at radius 1 is 1.21 bits per heavy atom. The zero-order chi connectivity index (χ0) is 22.5. The van der Waals surface area contributed by atoms with E-state index >= 15 is 0 Å². The molecule has 3 aromatic heterocycles. The van der Waals surface area contributed by atoms with Crippen LogP contribution in [0, 0.1) is 0 Å². The first kappa shape index (κ1) is 22.0. The highest BCUT2D eigenvalue weighted by Gasteiger charge is 2.23. The zero-order valence-electron chi connectivity index (χ0n) is 18.4. The highest BCUT2D eigenvalue weighted by atomic mass is 32.2. The Kier molecular flexibility index (Phi) is 6.92. The van der Waals surface area contributed by atoms with E-state index < -0.39 is 0 Å². The average Bonchev–Trinajstić information content (AvgIpc) is 3.63. The summed E-state index contributed by atoms with van der Waals surface area (Å²) in [5, 5.41) is 21.6. The minimum atomic E-state index is 0.419. The second-order valence-corrected chi connectivity index (χ2v) is 9.68. The van der Waals surface area contributed by atoms with Crippen molar-refractivity contribution in [3.8, 4) is 17.1 Å². The van der Waals surface area contributed by atoms with Crippen LogP contribution in [0.4, 0.5) is 5.69 Å². The van der Waals surface area contributed by atoms with Crippen LogP contribution in [0.2, 0.25) is 0 Å². The molecule has 0 aliphatic heterocycles. The maximum absolute atomic E-state index is 5.47. The van der Waals surface area contributed by atoms with Crippen molar-refractivity contribution in [3.63, 3.8) is 0 Å². The molecule has 0 saturated heterocycles. The summed E-state index contributed by atoms with van der Waals surface area (Å²) in [6.45, 7) is 0.597. The normalized spacial score (nSPS) is 14.5. The number of hydrogen-bond donors (Lipinski definition) is 1. The van der Waals surface area contributed by atoms with Crippen molar-refractivity contribution >= 4 is 28.8 Å². The SMILES string of the molecule is COc1cccc(NCc2nnc(SCc3nc(-c4ccsc4)no3)n2C2CCCCC2)c1. The summed E-state index contributed by atoms with van der Waals surface area (Å²) in [6, 6.07) is 10.3. The van der Waals surface area contributed by atoms with Gasteiger partial charge in [0.2, 0.25) is 11.7 Å². The quantitative estimate of drug-likeness (QED) is 0.299. The van der Waals surface area contributed by atoms with Gasteiger partial charge >= 0.3 is 0 Å². The maximum Gasteiger partial charge on any atom is 0.237 e. The van der Waals surface area contributed by atoms with Gasteiger partial charge in [-0.2, -0.15) is 16.3 Å². The van der Waals surface area contributed by atoms with Crippen LogP contribution >= 0.6 is 23.1 Å². The number of thioether (sulfide) groups is 1. The number of anilines is 1. The number of aromatic nitrogens is 5. The molecule has 0 radical (unpaired) electrons. The Balaban J connectivity index is 1.31. The third-order valence-electron chi connectivity index (χ3n) is 5.77. The first-order chi connectivity index (χ1) is 16.3. The van der Waals surface area contributed by atoms with Crippen LogP contribution in [0.25, 0.3) is 11.4 Å². The monoisotopic (exact) mass is 482 g/mol. The van der Waals surface area contributed by atoms with Crippen LogP contribution in [-0.4, -0.2) is 32.0 Å². The molecule has 0 atom stereocenters.